The van der Waals surface area contributed by atoms with Crippen LogP contribution in [-0.2, 0) is 4.74 Å². The highest BCUT2D eigenvalue weighted by Gasteiger charge is 2.35. The second-order valence-electron chi connectivity index (χ2n) is 8.45. The molecule has 5 nitrogen and oxygen atoms in total. The second kappa shape index (κ2) is 8.08. The van der Waals surface area contributed by atoms with Gasteiger partial charge in [-0.1, -0.05) is 25.4 Å². The Morgan fingerprint density at radius 1 is 1.37 bits per heavy atom. The highest BCUT2D eigenvalue weighted by Crippen LogP contribution is 2.34. The van der Waals surface area contributed by atoms with E-state index < -0.39 is 0 Å². The predicted molar refractivity (Wildman–Crippen MR) is 110 cm³/mol. The number of halogens is 1. The summed E-state index contributed by atoms with van der Waals surface area (Å²) in [5.74, 6) is 2.22. The van der Waals surface area contributed by atoms with Crippen molar-refractivity contribution in [3.63, 3.8) is 0 Å². The van der Waals surface area contributed by atoms with Crippen LogP contribution in [0.2, 0.25) is 5.02 Å². The molecule has 2 aromatic rings. The van der Waals surface area contributed by atoms with Crippen LogP contribution in [0.3, 0.4) is 0 Å². The maximum atomic E-state index is 6.49. The highest BCUT2D eigenvalue weighted by molar-refractivity contribution is 6.33. The zero-order chi connectivity index (χ0) is 19.0. The second-order valence-corrected chi connectivity index (χ2v) is 8.85. The molecule has 4 rings (SSSR count). The molecule has 0 spiro atoms. The Morgan fingerprint density at radius 2 is 2.19 bits per heavy atom. The van der Waals surface area contributed by atoms with Crippen molar-refractivity contribution in [1.82, 2.24) is 19.6 Å². The van der Waals surface area contributed by atoms with E-state index in [1.807, 2.05) is 13.1 Å². The molecule has 0 saturated carbocycles. The third-order valence-electron chi connectivity index (χ3n) is 6.23. The van der Waals surface area contributed by atoms with Crippen LogP contribution in [-0.4, -0.2) is 59.2 Å². The largest absolute Gasteiger partial charge is 0.379 e. The van der Waals surface area contributed by atoms with Gasteiger partial charge in [-0.3, -0.25) is 4.90 Å². The summed E-state index contributed by atoms with van der Waals surface area (Å²) in [4.78, 5) is 7.04. The molecule has 2 atom stereocenters. The molecular weight excluding hydrogens is 360 g/mol. The maximum absolute atomic E-state index is 6.49. The highest BCUT2D eigenvalue weighted by atomic mass is 35.5. The standard InChI is InChI=1S/C21H31ClN4O/c1-14(2)20(5-4-18-13-27-7-6-23-18)25-10-17(11-25)16-8-19(22)21-9-24-15(3)26(21)12-16/h8-9,12,14,17-18,20,23H,4-7,10-11,13H2,1-3H3/t18-,20?/m1/s1. The number of nitrogens with one attached hydrogen (secondary N) is 1. The lowest BCUT2D eigenvalue weighted by molar-refractivity contribution is 0.0432. The lowest BCUT2D eigenvalue weighted by atomic mass is 9.86. The summed E-state index contributed by atoms with van der Waals surface area (Å²) in [6, 6.07) is 3.29. The molecule has 6 heteroatoms. The summed E-state index contributed by atoms with van der Waals surface area (Å²) in [6.07, 6.45) is 6.49. The van der Waals surface area contributed by atoms with Crippen molar-refractivity contribution in [3.8, 4) is 0 Å². The van der Waals surface area contributed by atoms with Crippen LogP contribution >= 0.6 is 11.6 Å². The number of aromatic nitrogens is 2. The molecule has 0 bridgehead atoms. The fraction of sp³-hybridized carbons (Fsp3) is 0.667. The van der Waals surface area contributed by atoms with Gasteiger partial charge in [0.05, 0.1) is 29.9 Å². The zero-order valence-electron chi connectivity index (χ0n) is 16.6. The molecule has 2 saturated heterocycles. The number of imidazole rings is 1. The number of ether oxygens (including phenoxy) is 1. The molecule has 0 aromatic carbocycles. The molecule has 0 aliphatic carbocycles. The van der Waals surface area contributed by atoms with Gasteiger partial charge in [0.15, 0.2) is 0 Å². The van der Waals surface area contributed by atoms with Gasteiger partial charge >= 0.3 is 0 Å². The molecule has 148 valence electrons. The minimum atomic E-state index is 0.516. The molecular formula is C21H31ClN4O. The molecule has 4 heterocycles. The summed E-state index contributed by atoms with van der Waals surface area (Å²) >= 11 is 6.49. The smallest absolute Gasteiger partial charge is 0.110 e. The molecule has 2 aliphatic heterocycles. The normalized spacial score (nSPS) is 23.1. The van der Waals surface area contributed by atoms with E-state index >= 15 is 0 Å². The van der Waals surface area contributed by atoms with E-state index in [1.165, 1.54) is 18.4 Å². The number of aryl methyl sites for hydroxylation is 1. The van der Waals surface area contributed by atoms with E-state index in [1.54, 1.807) is 0 Å². The molecule has 27 heavy (non-hydrogen) atoms. The predicted octanol–water partition coefficient (Wildman–Crippen LogP) is 3.49. The molecule has 0 radical (unpaired) electrons. The van der Waals surface area contributed by atoms with E-state index in [0.717, 1.165) is 49.2 Å². The number of likely N-dealkylation sites (tertiary alicyclic amines) is 1. The Labute approximate surface area is 167 Å². The van der Waals surface area contributed by atoms with E-state index in [2.05, 4.69) is 45.7 Å². The first-order valence-corrected chi connectivity index (χ1v) is 10.6. The van der Waals surface area contributed by atoms with Gasteiger partial charge in [0.2, 0.25) is 0 Å². The number of pyridine rings is 1. The van der Waals surface area contributed by atoms with Gasteiger partial charge in [-0.05, 0) is 37.3 Å². The topological polar surface area (TPSA) is 41.8 Å². The Hall–Kier alpha value is -1.14. The van der Waals surface area contributed by atoms with Crippen molar-refractivity contribution in [1.29, 1.82) is 0 Å². The summed E-state index contributed by atoms with van der Waals surface area (Å²) in [7, 11) is 0. The lowest BCUT2D eigenvalue weighted by Crippen LogP contribution is -2.53. The fourth-order valence-electron chi connectivity index (χ4n) is 4.53. The van der Waals surface area contributed by atoms with Crippen LogP contribution in [0.15, 0.2) is 18.5 Å². The minimum absolute atomic E-state index is 0.516. The number of hydrogen-bond acceptors (Lipinski definition) is 4. The third-order valence-corrected chi connectivity index (χ3v) is 6.53. The number of morpholine rings is 1. The van der Waals surface area contributed by atoms with Crippen molar-refractivity contribution < 1.29 is 4.74 Å². The van der Waals surface area contributed by atoms with Crippen LogP contribution in [0.5, 0.6) is 0 Å². The average molecular weight is 391 g/mol. The molecule has 1 N–H and O–H groups in total. The summed E-state index contributed by atoms with van der Waals surface area (Å²) < 4.78 is 7.72. The molecule has 2 aliphatic rings. The number of rotatable bonds is 6. The van der Waals surface area contributed by atoms with Gasteiger partial charge in [0, 0.05) is 43.8 Å². The SMILES string of the molecule is Cc1ncc2c(Cl)cc(C3CN(C(CC[C@@H]4COCCN4)C(C)C)C3)cn12. The number of fused-ring (bicyclic) bond motifs is 1. The quantitative estimate of drug-likeness (QED) is 0.819. The number of nitrogens with zero attached hydrogens (tertiary/aromatic N) is 3. The Bertz CT molecular complexity index is 778. The fourth-order valence-corrected chi connectivity index (χ4v) is 4.80. The summed E-state index contributed by atoms with van der Waals surface area (Å²) in [6.45, 7) is 11.6. The van der Waals surface area contributed by atoms with Crippen molar-refractivity contribution in [3.05, 3.63) is 34.9 Å². The first-order valence-electron chi connectivity index (χ1n) is 10.2. The monoisotopic (exact) mass is 390 g/mol. The Balaban J connectivity index is 1.38. The Kier molecular flexibility index (Phi) is 5.74. The van der Waals surface area contributed by atoms with Gasteiger partial charge in [-0.15, -0.1) is 0 Å². The molecule has 1 unspecified atom stereocenters. The molecule has 2 aromatic heterocycles. The van der Waals surface area contributed by atoms with E-state index in [9.17, 15) is 0 Å². The summed E-state index contributed by atoms with van der Waals surface area (Å²) in [5, 5.41) is 4.38. The van der Waals surface area contributed by atoms with Gasteiger partial charge in [0.1, 0.15) is 5.82 Å². The Morgan fingerprint density at radius 3 is 2.89 bits per heavy atom. The van der Waals surface area contributed by atoms with Crippen LogP contribution in [0, 0.1) is 12.8 Å². The van der Waals surface area contributed by atoms with Gasteiger partial charge in [-0.2, -0.15) is 0 Å². The van der Waals surface area contributed by atoms with Crippen LogP contribution in [0.25, 0.3) is 5.52 Å². The summed E-state index contributed by atoms with van der Waals surface area (Å²) in [5.41, 5.74) is 2.33. The first-order chi connectivity index (χ1) is 13.0. The van der Waals surface area contributed by atoms with Crippen LogP contribution in [0.1, 0.15) is 44.0 Å². The minimum Gasteiger partial charge on any atom is -0.379 e. The zero-order valence-corrected chi connectivity index (χ0v) is 17.4. The van der Waals surface area contributed by atoms with Crippen molar-refractivity contribution in [2.45, 2.75) is 51.6 Å². The van der Waals surface area contributed by atoms with E-state index in [0.29, 0.717) is 23.9 Å². The van der Waals surface area contributed by atoms with Gasteiger partial charge in [0.25, 0.3) is 0 Å². The first kappa shape index (κ1) is 19.2. The van der Waals surface area contributed by atoms with E-state index in [4.69, 9.17) is 16.3 Å². The van der Waals surface area contributed by atoms with Gasteiger partial charge < -0.3 is 14.5 Å². The van der Waals surface area contributed by atoms with Crippen molar-refractivity contribution >= 4 is 17.1 Å². The van der Waals surface area contributed by atoms with Crippen LogP contribution < -0.4 is 5.32 Å². The number of hydrogen-bond donors (Lipinski definition) is 1. The van der Waals surface area contributed by atoms with Gasteiger partial charge in [-0.25, -0.2) is 4.98 Å². The van der Waals surface area contributed by atoms with Crippen molar-refractivity contribution in [2.75, 3.05) is 32.8 Å². The lowest BCUT2D eigenvalue weighted by Gasteiger charge is -2.46. The van der Waals surface area contributed by atoms with Crippen molar-refractivity contribution in [2.24, 2.45) is 5.92 Å². The van der Waals surface area contributed by atoms with Crippen LogP contribution in [0.4, 0.5) is 0 Å². The van der Waals surface area contributed by atoms with E-state index in [-0.39, 0.29) is 0 Å². The third kappa shape index (κ3) is 4.02. The maximum Gasteiger partial charge on any atom is 0.110 e. The molecule has 0 amide bonds. The average Bonchev–Trinajstić information content (AvgIpc) is 2.99. The molecule has 2 fully saturated rings.